The van der Waals surface area contributed by atoms with Crippen LogP contribution in [-0.4, -0.2) is 59.9 Å². The number of phosphoric ester groups is 1. The maximum Gasteiger partial charge on any atom is 0.472 e. The molecule has 58 heavy (non-hydrogen) atoms. The number of carbonyl (C=O) groups is 3. The molecule has 0 aliphatic rings. The van der Waals surface area contributed by atoms with Crippen LogP contribution in [0, 0.1) is 0 Å². The summed E-state index contributed by atoms with van der Waals surface area (Å²) in [4.78, 5) is 45.8. The maximum absolute atomic E-state index is 12.6. The van der Waals surface area contributed by atoms with Gasteiger partial charge in [0.05, 0.1) is 13.2 Å². The van der Waals surface area contributed by atoms with E-state index in [1.807, 2.05) is 12.2 Å². The lowest BCUT2D eigenvalue weighted by Gasteiger charge is -2.20. The van der Waals surface area contributed by atoms with E-state index in [9.17, 15) is 23.8 Å². The van der Waals surface area contributed by atoms with E-state index in [4.69, 9.17) is 24.8 Å². The Morgan fingerprint density at radius 1 is 0.552 bits per heavy atom. The molecule has 3 atom stereocenters. The Kier molecular flexibility index (Phi) is 37.7. The summed E-state index contributed by atoms with van der Waals surface area (Å²) in [6.45, 7) is 2.55. The lowest BCUT2D eigenvalue weighted by atomic mass is 10.1. The van der Waals surface area contributed by atoms with Gasteiger partial charge in [-0.15, -0.1) is 0 Å². The van der Waals surface area contributed by atoms with Crippen LogP contribution in [0.2, 0.25) is 0 Å². The third kappa shape index (κ3) is 39.2. The summed E-state index contributed by atoms with van der Waals surface area (Å²) >= 11 is 0. The summed E-state index contributed by atoms with van der Waals surface area (Å²) in [6.07, 6.45) is 50.7. The molecule has 328 valence electrons. The third-order valence-electron chi connectivity index (χ3n) is 8.33. The van der Waals surface area contributed by atoms with Gasteiger partial charge in [-0.1, -0.05) is 143 Å². The van der Waals surface area contributed by atoms with Crippen LogP contribution >= 0.6 is 7.82 Å². The zero-order chi connectivity index (χ0) is 42.8. The van der Waals surface area contributed by atoms with E-state index in [2.05, 4.69) is 103 Å². The Morgan fingerprint density at radius 3 is 1.52 bits per heavy atom. The number of aliphatic carboxylic acids is 1. The molecule has 4 N–H and O–H groups in total. The largest absolute Gasteiger partial charge is 0.480 e. The number of hydrogen-bond acceptors (Lipinski definition) is 9. The van der Waals surface area contributed by atoms with E-state index in [-0.39, 0.29) is 12.8 Å². The van der Waals surface area contributed by atoms with Crippen LogP contribution < -0.4 is 5.73 Å². The van der Waals surface area contributed by atoms with Crippen LogP contribution in [0.25, 0.3) is 0 Å². The van der Waals surface area contributed by atoms with E-state index in [1.165, 1.54) is 38.5 Å². The van der Waals surface area contributed by atoms with Gasteiger partial charge in [0.2, 0.25) is 0 Å². The van der Waals surface area contributed by atoms with Crippen molar-refractivity contribution in [2.45, 2.75) is 154 Å². The molecule has 0 bridgehead atoms. The molecule has 0 heterocycles. The number of esters is 2. The predicted molar refractivity (Wildman–Crippen MR) is 235 cm³/mol. The monoisotopic (exact) mass is 832 g/mol. The van der Waals surface area contributed by atoms with Crippen LogP contribution in [0.5, 0.6) is 0 Å². The minimum Gasteiger partial charge on any atom is -0.480 e. The van der Waals surface area contributed by atoms with Crippen molar-refractivity contribution in [3.8, 4) is 0 Å². The smallest absolute Gasteiger partial charge is 0.472 e. The van der Waals surface area contributed by atoms with Crippen LogP contribution in [0.15, 0.2) is 97.2 Å². The van der Waals surface area contributed by atoms with Gasteiger partial charge < -0.3 is 25.2 Å². The molecule has 0 spiro atoms. The lowest BCUT2D eigenvalue weighted by Crippen LogP contribution is -2.34. The molecule has 0 aliphatic heterocycles. The van der Waals surface area contributed by atoms with E-state index in [0.29, 0.717) is 12.8 Å². The molecule has 0 rings (SSSR count). The van der Waals surface area contributed by atoms with Crippen molar-refractivity contribution >= 4 is 25.7 Å². The van der Waals surface area contributed by atoms with Crippen LogP contribution in [-0.2, 0) is 37.5 Å². The number of allylic oxidation sites excluding steroid dienone is 16. The summed E-state index contributed by atoms with van der Waals surface area (Å²) < 4.78 is 32.5. The summed E-state index contributed by atoms with van der Waals surface area (Å²) in [5.41, 5.74) is 5.32. The summed E-state index contributed by atoms with van der Waals surface area (Å²) in [5, 5.41) is 8.88. The quantitative estimate of drug-likeness (QED) is 0.0234. The highest BCUT2D eigenvalue weighted by Gasteiger charge is 2.28. The molecule has 0 saturated carbocycles. The number of carboxylic acid groups (broad SMARTS) is 1. The standard InChI is InChI=1S/C46H74NO10P/c1-3-5-7-9-11-13-15-17-18-19-20-21-22-23-24-26-27-29-31-33-35-37-44(48)54-39-42(40-55-58(52,53)56-41-43(47)46(50)51)57-45(49)38-36-34-32-30-28-25-16-14-12-10-8-6-4-2/h5,7,11,13,17-18,20-21,23-25,27-29,32,34,42-43H,3-4,6,8-10,12,14-16,19,22,26,30-31,33,35-41,47H2,1-2H3,(H,50,51)(H,52,53)/b7-5+,13-11+,18-17+,21-20+,24-23+,28-25+,29-27+,34-32+/t42?,43-/m0/s1. The SMILES string of the molecule is CC/C=C/C/C=C/C/C=C/C/C=C/C/C=C/C/C=C/CCCCC(=O)OCC(COP(=O)(O)OC[C@H](N)C(=O)O)OC(=O)CC/C=C/C/C=C/CCCCCCCC. The topological polar surface area (TPSA) is 172 Å². The molecule has 0 aromatic heterocycles. The summed E-state index contributed by atoms with van der Waals surface area (Å²) in [5.74, 6) is -2.53. The zero-order valence-electron chi connectivity index (χ0n) is 35.3. The van der Waals surface area contributed by atoms with Crippen molar-refractivity contribution in [2.75, 3.05) is 19.8 Å². The van der Waals surface area contributed by atoms with Gasteiger partial charge in [0.1, 0.15) is 12.6 Å². The van der Waals surface area contributed by atoms with Crippen LogP contribution in [0.3, 0.4) is 0 Å². The van der Waals surface area contributed by atoms with Gasteiger partial charge in [-0.05, 0) is 83.5 Å². The molecule has 0 aromatic rings. The molecule has 0 aromatic carbocycles. The lowest BCUT2D eigenvalue weighted by molar-refractivity contribution is -0.161. The Morgan fingerprint density at radius 2 is 1.00 bits per heavy atom. The summed E-state index contributed by atoms with van der Waals surface area (Å²) in [7, 11) is -4.74. The van der Waals surface area contributed by atoms with Crippen molar-refractivity contribution < 1.29 is 47.5 Å². The minimum absolute atomic E-state index is 0.0395. The number of rotatable bonds is 38. The summed E-state index contributed by atoms with van der Waals surface area (Å²) in [6, 6.07) is -1.54. The van der Waals surface area contributed by atoms with Gasteiger partial charge in [-0.3, -0.25) is 23.4 Å². The van der Waals surface area contributed by atoms with Gasteiger partial charge in [-0.2, -0.15) is 0 Å². The average Bonchev–Trinajstić information content (AvgIpc) is 3.20. The first-order valence-electron chi connectivity index (χ1n) is 21.3. The molecule has 2 unspecified atom stereocenters. The minimum atomic E-state index is -4.74. The zero-order valence-corrected chi connectivity index (χ0v) is 36.2. The molecule has 12 heteroatoms. The van der Waals surface area contributed by atoms with Gasteiger partial charge >= 0.3 is 25.7 Å². The Labute approximate surface area is 349 Å². The van der Waals surface area contributed by atoms with Gasteiger partial charge in [0.25, 0.3) is 0 Å². The number of unbranched alkanes of at least 4 members (excludes halogenated alkanes) is 8. The van der Waals surface area contributed by atoms with Crippen LogP contribution in [0.4, 0.5) is 0 Å². The molecule has 0 saturated heterocycles. The highest BCUT2D eigenvalue weighted by Crippen LogP contribution is 2.43. The number of carboxylic acids is 1. The number of hydrogen-bond donors (Lipinski definition) is 3. The number of phosphoric acid groups is 1. The molecule has 0 amide bonds. The first-order chi connectivity index (χ1) is 28.1. The highest BCUT2D eigenvalue weighted by atomic mass is 31.2. The van der Waals surface area contributed by atoms with Gasteiger partial charge in [-0.25, -0.2) is 4.57 Å². The van der Waals surface area contributed by atoms with Gasteiger partial charge in [0.15, 0.2) is 6.10 Å². The maximum atomic E-state index is 12.6. The normalized spacial score (nSPS) is 14.7. The van der Waals surface area contributed by atoms with Crippen molar-refractivity contribution in [3.63, 3.8) is 0 Å². The first kappa shape index (κ1) is 54.4. The molecular formula is C46H74NO10P. The molecule has 11 nitrogen and oxygen atoms in total. The van der Waals surface area contributed by atoms with E-state index >= 15 is 0 Å². The number of nitrogens with two attached hydrogens (primary N) is 1. The van der Waals surface area contributed by atoms with Crippen molar-refractivity contribution in [3.05, 3.63) is 97.2 Å². The van der Waals surface area contributed by atoms with Crippen molar-refractivity contribution in [1.82, 2.24) is 0 Å². The fourth-order valence-electron chi connectivity index (χ4n) is 5.00. The number of ether oxygens (including phenoxy) is 2. The molecular weight excluding hydrogens is 757 g/mol. The van der Waals surface area contributed by atoms with Crippen molar-refractivity contribution in [2.24, 2.45) is 5.73 Å². The fraction of sp³-hybridized carbons (Fsp3) is 0.587. The first-order valence-corrected chi connectivity index (χ1v) is 22.8. The van der Waals surface area contributed by atoms with E-state index < -0.39 is 57.7 Å². The Balaban J connectivity index is 4.52. The predicted octanol–water partition coefficient (Wildman–Crippen LogP) is 11.3. The second-order valence-corrected chi connectivity index (χ2v) is 15.2. The van der Waals surface area contributed by atoms with E-state index in [1.54, 1.807) is 0 Å². The van der Waals surface area contributed by atoms with Crippen molar-refractivity contribution in [1.29, 1.82) is 0 Å². The average molecular weight is 832 g/mol. The second-order valence-electron chi connectivity index (χ2n) is 13.7. The Hall–Kier alpha value is -3.60. The third-order valence-corrected chi connectivity index (χ3v) is 9.28. The van der Waals surface area contributed by atoms with Crippen LogP contribution in [0.1, 0.15) is 142 Å². The fourth-order valence-corrected chi connectivity index (χ4v) is 5.78. The second kappa shape index (κ2) is 40.2. The molecule has 0 fully saturated rings. The highest BCUT2D eigenvalue weighted by molar-refractivity contribution is 7.47. The van der Waals surface area contributed by atoms with Gasteiger partial charge in [0, 0.05) is 12.8 Å². The molecule has 0 radical (unpaired) electrons. The Bertz CT molecular complexity index is 1350. The molecule has 0 aliphatic carbocycles. The number of carbonyl (C=O) groups excluding carboxylic acids is 2. The van der Waals surface area contributed by atoms with E-state index in [0.717, 1.165) is 64.2 Å².